The van der Waals surface area contributed by atoms with Crippen molar-refractivity contribution in [3.8, 4) is 5.75 Å². The van der Waals surface area contributed by atoms with Crippen LogP contribution in [-0.2, 0) is 9.53 Å². The van der Waals surface area contributed by atoms with Crippen molar-refractivity contribution < 1.29 is 14.3 Å². The average molecular weight is 264 g/mol. The molecule has 0 aliphatic carbocycles. The van der Waals surface area contributed by atoms with Gasteiger partial charge in [0.05, 0.1) is 20.1 Å². The summed E-state index contributed by atoms with van der Waals surface area (Å²) in [7, 11) is 3.08. The van der Waals surface area contributed by atoms with E-state index in [0.717, 1.165) is 22.4 Å². The summed E-state index contributed by atoms with van der Waals surface area (Å²) in [4.78, 5) is 12.1. The van der Waals surface area contributed by atoms with Crippen LogP contribution in [0.5, 0.6) is 5.75 Å². The molecule has 0 bridgehead atoms. The van der Waals surface area contributed by atoms with Crippen molar-refractivity contribution >= 4 is 5.97 Å². The normalized spacial score (nSPS) is 12.4. The minimum Gasteiger partial charge on any atom is -0.496 e. The molecule has 19 heavy (non-hydrogen) atoms. The third kappa shape index (κ3) is 2.91. The molecule has 0 N–H and O–H groups in total. The Bertz CT molecular complexity index is 475. The van der Waals surface area contributed by atoms with E-state index in [0.29, 0.717) is 0 Å². The monoisotopic (exact) mass is 264 g/mol. The van der Waals surface area contributed by atoms with Gasteiger partial charge in [-0.3, -0.25) is 4.79 Å². The minimum absolute atomic E-state index is 0.155. The van der Waals surface area contributed by atoms with Crippen LogP contribution in [0.3, 0.4) is 0 Å². The van der Waals surface area contributed by atoms with Crippen LogP contribution in [0.4, 0.5) is 0 Å². The molecule has 0 fully saturated rings. The second-order valence-electron chi connectivity index (χ2n) is 5.33. The molecule has 0 spiro atoms. The molecule has 1 aromatic carbocycles. The summed E-state index contributed by atoms with van der Waals surface area (Å²) in [5.74, 6) is 0.461. The van der Waals surface area contributed by atoms with E-state index in [1.165, 1.54) is 12.7 Å². The van der Waals surface area contributed by atoms with Gasteiger partial charge in [0.25, 0.3) is 0 Å². The summed E-state index contributed by atoms with van der Waals surface area (Å²) in [5, 5.41) is 0. The van der Waals surface area contributed by atoms with Crippen LogP contribution < -0.4 is 4.74 Å². The number of hydrogen-bond donors (Lipinski definition) is 0. The van der Waals surface area contributed by atoms with Gasteiger partial charge in [-0.15, -0.1) is 0 Å². The number of benzene rings is 1. The van der Waals surface area contributed by atoms with Crippen LogP contribution in [-0.4, -0.2) is 20.2 Å². The predicted molar refractivity (Wildman–Crippen MR) is 76.8 cm³/mol. The van der Waals surface area contributed by atoms with E-state index in [4.69, 9.17) is 9.47 Å². The van der Waals surface area contributed by atoms with Crippen molar-refractivity contribution in [2.45, 2.75) is 40.5 Å². The second kappa shape index (κ2) is 6.09. The summed E-state index contributed by atoms with van der Waals surface area (Å²) in [6, 6.07) is 2.10. The smallest absolute Gasteiger partial charge is 0.313 e. The Balaban J connectivity index is 3.54. The zero-order chi connectivity index (χ0) is 14.7. The van der Waals surface area contributed by atoms with Crippen LogP contribution in [0.2, 0.25) is 0 Å². The largest absolute Gasteiger partial charge is 0.496 e. The van der Waals surface area contributed by atoms with Gasteiger partial charge in [0.1, 0.15) is 5.75 Å². The maximum absolute atomic E-state index is 12.1. The number of esters is 1. The quantitative estimate of drug-likeness (QED) is 0.780. The molecule has 1 atom stereocenters. The van der Waals surface area contributed by atoms with Crippen molar-refractivity contribution in [2.24, 2.45) is 5.92 Å². The Morgan fingerprint density at radius 1 is 1.11 bits per heavy atom. The number of carbonyl (C=O) groups is 1. The highest BCUT2D eigenvalue weighted by Gasteiger charge is 2.30. The molecule has 1 unspecified atom stereocenters. The molecular weight excluding hydrogens is 240 g/mol. The number of methoxy groups -OCH3 is 2. The molecule has 0 radical (unpaired) electrons. The Kier molecular flexibility index (Phi) is 4.98. The van der Waals surface area contributed by atoms with Crippen LogP contribution in [0, 0.1) is 26.7 Å². The van der Waals surface area contributed by atoms with E-state index < -0.39 is 0 Å². The fourth-order valence-corrected chi connectivity index (χ4v) is 2.57. The van der Waals surface area contributed by atoms with Gasteiger partial charge in [-0.1, -0.05) is 19.9 Å². The molecule has 106 valence electrons. The van der Waals surface area contributed by atoms with Gasteiger partial charge in [0.2, 0.25) is 0 Å². The molecule has 1 rings (SSSR count). The minimum atomic E-state index is -0.292. The van der Waals surface area contributed by atoms with E-state index in [2.05, 4.69) is 13.0 Å². The second-order valence-corrected chi connectivity index (χ2v) is 5.33. The molecule has 0 saturated carbocycles. The lowest BCUT2D eigenvalue weighted by molar-refractivity contribution is -0.143. The first kappa shape index (κ1) is 15.5. The summed E-state index contributed by atoms with van der Waals surface area (Å²) in [6.07, 6.45) is 0. The van der Waals surface area contributed by atoms with E-state index >= 15 is 0 Å². The zero-order valence-electron chi connectivity index (χ0n) is 13.0. The van der Waals surface area contributed by atoms with Gasteiger partial charge < -0.3 is 9.47 Å². The lowest BCUT2D eigenvalue weighted by Crippen LogP contribution is -2.21. The fraction of sp³-hybridized carbons (Fsp3) is 0.562. The van der Waals surface area contributed by atoms with Crippen molar-refractivity contribution in [2.75, 3.05) is 14.2 Å². The summed E-state index contributed by atoms with van der Waals surface area (Å²) < 4.78 is 10.5. The van der Waals surface area contributed by atoms with Crippen LogP contribution in [0.15, 0.2) is 6.07 Å². The summed E-state index contributed by atoms with van der Waals surface area (Å²) in [5.41, 5.74) is 4.28. The molecule has 0 amide bonds. The molecular formula is C16H24O3. The molecule has 0 aromatic heterocycles. The van der Waals surface area contributed by atoms with Gasteiger partial charge in [0.15, 0.2) is 0 Å². The van der Waals surface area contributed by atoms with Gasteiger partial charge in [-0.05, 0) is 43.4 Å². The van der Waals surface area contributed by atoms with Crippen LogP contribution >= 0.6 is 0 Å². The summed E-state index contributed by atoms with van der Waals surface area (Å²) >= 11 is 0. The summed E-state index contributed by atoms with van der Waals surface area (Å²) in [6.45, 7) is 10.1. The van der Waals surface area contributed by atoms with Gasteiger partial charge in [0, 0.05) is 5.56 Å². The van der Waals surface area contributed by atoms with Crippen LogP contribution in [0.25, 0.3) is 0 Å². The lowest BCUT2D eigenvalue weighted by atomic mass is 9.83. The van der Waals surface area contributed by atoms with Crippen molar-refractivity contribution in [1.29, 1.82) is 0 Å². The predicted octanol–water partition coefficient (Wildman–Crippen LogP) is 3.53. The molecule has 0 heterocycles. The van der Waals surface area contributed by atoms with E-state index in [9.17, 15) is 4.79 Å². The molecule has 3 heteroatoms. The Hall–Kier alpha value is -1.51. The van der Waals surface area contributed by atoms with Crippen LogP contribution in [0.1, 0.15) is 42.0 Å². The van der Waals surface area contributed by atoms with Crippen molar-refractivity contribution in [3.63, 3.8) is 0 Å². The maximum Gasteiger partial charge on any atom is 0.313 e. The zero-order valence-corrected chi connectivity index (χ0v) is 13.0. The number of rotatable bonds is 4. The maximum atomic E-state index is 12.1. The molecule has 0 aliphatic heterocycles. The van der Waals surface area contributed by atoms with E-state index in [1.807, 2.05) is 27.7 Å². The first-order valence-electron chi connectivity index (χ1n) is 6.57. The third-order valence-corrected chi connectivity index (χ3v) is 3.67. The fourth-order valence-electron chi connectivity index (χ4n) is 2.57. The standard InChI is InChI=1S/C16H24O3/c1-9(2)13(16(17)19-7)14-11(4)8-10(3)12(5)15(14)18-6/h8-9,13H,1-7H3. The van der Waals surface area contributed by atoms with E-state index in [-0.39, 0.29) is 17.8 Å². The highest BCUT2D eigenvalue weighted by Crippen LogP contribution is 2.38. The van der Waals surface area contributed by atoms with E-state index in [1.54, 1.807) is 7.11 Å². The van der Waals surface area contributed by atoms with Crippen molar-refractivity contribution in [1.82, 2.24) is 0 Å². The molecule has 0 saturated heterocycles. The first-order chi connectivity index (χ1) is 8.84. The highest BCUT2D eigenvalue weighted by molar-refractivity contribution is 5.80. The molecule has 0 aliphatic rings. The number of aryl methyl sites for hydroxylation is 2. The Morgan fingerprint density at radius 2 is 1.68 bits per heavy atom. The Morgan fingerprint density at radius 3 is 2.11 bits per heavy atom. The SMILES string of the molecule is COC(=O)C(c1c(C)cc(C)c(C)c1OC)C(C)C. The number of carbonyl (C=O) groups excluding carboxylic acids is 1. The molecule has 3 nitrogen and oxygen atoms in total. The van der Waals surface area contributed by atoms with Gasteiger partial charge in [-0.25, -0.2) is 0 Å². The lowest BCUT2D eigenvalue weighted by Gasteiger charge is -2.25. The Labute approximate surface area is 115 Å². The number of ether oxygens (including phenoxy) is 2. The highest BCUT2D eigenvalue weighted by atomic mass is 16.5. The topological polar surface area (TPSA) is 35.5 Å². The van der Waals surface area contributed by atoms with Gasteiger partial charge in [-0.2, -0.15) is 0 Å². The van der Waals surface area contributed by atoms with Crippen molar-refractivity contribution in [3.05, 3.63) is 28.3 Å². The number of hydrogen-bond acceptors (Lipinski definition) is 3. The van der Waals surface area contributed by atoms with Gasteiger partial charge >= 0.3 is 5.97 Å². The first-order valence-corrected chi connectivity index (χ1v) is 6.57. The molecule has 1 aromatic rings. The average Bonchev–Trinajstić information content (AvgIpc) is 2.35. The third-order valence-electron chi connectivity index (χ3n) is 3.67.